The van der Waals surface area contributed by atoms with Crippen LogP contribution in [0.4, 0.5) is 17.2 Å². The number of benzene rings is 1. The average Bonchev–Trinajstić information content (AvgIpc) is 2.41. The number of methoxy groups -OCH3 is 1. The van der Waals surface area contributed by atoms with Gasteiger partial charge in [-0.2, -0.15) is 0 Å². The van der Waals surface area contributed by atoms with Crippen LogP contribution >= 0.6 is 15.9 Å². The van der Waals surface area contributed by atoms with E-state index in [4.69, 9.17) is 4.74 Å². The molecule has 20 heavy (non-hydrogen) atoms. The molecule has 1 aromatic carbocycles. The second-order valence-electron chi connectivity index (χ2n) is 4.04. The van der Waals surface area contributed by atoms with Crippen molar-refractivity contribution in [2.24, 2.45) is 0 Å². The van der Waals surface area contributed by atoms with E-state index in [1.54, 1.807) is 7.11 Å². The van der Waals surface area contributed by atoms with Gasteiger partial charge in [0.1, 0.15) is 0 Å². The fourth-order valence-electron chi connectivity index (χ4n) is 1.71. The van der Waals surface area contributed by atoms with Gasteiger partial charge in [-0.25, -0.2) is 4.98 Å². The van der Waals surface area contributed by atoms with Gasteiger partial charge in [-0.05, 0) is 33.6 Å². The molecule has 104 valence electrons. The largest absolute Gasteiger partial charge is 0.380 e. The molecule has 0 amide bonds. The van der Waals surface area contributed by atoms with Crippen molar-refractivity contribution in [3.63, 3.8) is 0 Å². The molecule has 2 rings (SSSR count). The van der Waals surface area contributed by atoms with Crippen LogP contribution in [0.3, 0.4) is 0 Å². The van der Waals surface area contributed by atoms with Crippen molar-refractivity contribution >= 4 is 33.1 Å². The Morgan fingerprint density at radius 3 is 2.95 bits per heavy atom. The number of hydrogen-bond acceptors (Lipinski definition) is 5. The van der Waals surface area contributed by atoms with E-state index in [2.05, 4.69) is 26.2 Å². The third kappa shape index (κ3) is 3.52. The number of nitrogens with one attached hydrogen (secondary N) is 1. The summed E-state index contributed by atoms with van der Waals surface area (Å²) in [6.07, 6.45) is 1.51. The van der Waals surface area contributed by atoms with Gasteiger partial charge in [0.25, 0.3) is 0 Å². The second-order valence-corrected chi connectivity index (χ2v) is 4.95. The zero-order valence-corrected chi connectivity index (χ0v) is 12.3. The monoisotopic (exact) mass is 337 g/mol. The summed E-state index contributed by atoms with van der Waals surface area (Å²) in [6.45, 7) is 0.478. The summed E-state index contributed by atoms with van der Waals surface area (Å²) in [6, 6.07) is 8.84. The van der Waals surface area contributed by atoms with Gasteiger partial charge in [-0.3, -0.25) is 10.1 Å². The fourth-order valence-corrected chi connectivity index (χ4v) is 2.03. The Balaban J connectivity index is 2.30. The lowest BCUT2D eigenvalue weighted by atomic mass is 10.2. The third-order valence-electron chi connectivity index (χ3n) is 2.53. The first-order valence-electron chi connectivity index (χ1n) is 5.75. The van der Waals surface area contributed by atoms with Gasteiger partial charge in [0.15, 0.2) is 0 Å². The SMILES string of the molecule is COCc1cccc(Nc2ncc(Br)cc2[N+](=O)[O-])c1. The Kier molecular flexibility index (Phi) is 4.65. The predicted molar refractivity (Wildman–Crippen MR) is 79.0 cm³/mol. The molecular weight excluding hydrogens is 326 g/mol. The van der Waals surface area contributed by atoms with E-state index >= 15 is 0 Å². The highest BCUT2D eigenvalue weighted by molar-refractivity contribution is 9.10. The molecule has 2 aromatic rings. The molecule has 1 heterocycles. The first kappa shape index (κ1) is 14.4. The molecule has 0 aliphatic rings. The van der Waals surface area contributed by atoms with Crippen LogP contribution < -0.4 is 5.32 Å². The van der Waals surface area contributed by atoms with Crippen LogP contribution in [0.1, 0.15) is 5.56 Å². The zero-order chi connectivity index (χ0) is 14.5. The Hall–Kier alpha value is -1.99. The molecule has 0 fully saturated rings. The molecule has 1 N–H and O–H groups in total. The Morgan fingerprint density at radius 2 is 2.25 bits per heavy atom. The maximum Gasteiger partial charge on any atom is 0.312 e. The number of aromatic nitrogens is 1. The number of anilines is 2. The lowest BCUT2D eigenvalue weighted by Crippen LogP contribution is -2.00. The quantitative estimate of drug-likeness (QED) is 0.665. The number of pyridine rings is 1. The van der Waals surface area contributed by atoms with Crippen LogP contribution in [0.15, 0.2) is 41.0 Å². The van der Waals surface area contributed by atoms with Crippen LogP contribution in [-0.2, 0) is 11.3 Å². The molecule has 1 aromatic heterocycles. The zero-order valence-electron chi connectivity index (χ0n) is 10.7. The summed E-state index contributed by atoms with van der Waals surface area (Å²) in [4.78, 5) is 14.6. The minimum atomic E-state index is -0.473. The van der Waals surface area contributed by atoms with Crippen LogP contribution in [0, 0.1) is 10.1 Å². The smallest absolute Gasteiger partial charge is 0.312 e. The molecule has 7 heteroatoms. The highest BCUT2D eigenvalue weighted by atomic mass is 79.9. The predicted octanol–water partition coefficient (Wildman–Crippen LogP) is 3.64. The topological polar surface area (TPSA) is 77.3 Å². The van der Waals surface area contributed by atoms with Crippen LogP contribution in [0.2, 0.25) is 0 Å². The Morgan fingerprint density at radius 1 is 1.45 bits per heavy atom. The van der Waals surface area contributed by atoms with Crippen molar-refractivity contribution in [3.8, 4) is 0 Å². The van der Waals surface area contributed by atoms with E-state index in [0.29, 0.717) is 11.1 Å². The van der Waals surface area contributed by atoms with Crippen molar-refractivity contribution in [2.45, 2.75) is 6.61 Å². The van der Waals surface area contributed by atoms with Gasteiger partial charge >= 0.3 is 5.69 Å². The second kappa shape index (κ2) is 6.44. The number of nitro groups is 1. The molecule has 0 aliphatic carbocycles. The van der Waals surface area contributed by atoms with E-state index in [-0.39, 0.29) is 11.5 Å². The number of nitrogens with zero attached hydrogens (tertiary/aromatic N) is 2. The fraction of sp³-hybridized carbons (Fsp3) is 0.154. The maximum atomic E-state index is 11.0. The summed E-state index contributed by atoms with van der Waals surface area (Å²) < 4.78 is 5.61. The van der Waals surface area contributed by atoms with Gasteiger partial charge in [0.2, 0.25) is 5.82 Å². The first-order chi connectivity index (χ1) is 9.60. The molecule has 0 bridgehead atoms. The molecule has 6 nitrogen and oxygen atoms in total. The van der Waals surface area contributed by atoms with Crippen molar-refractivity contribution in [1.82, 2.24) is 4.98 Å². The van der Waals surface area contributed by atoms with E-state index in [9.17, 15) is 10.1 Å². The third-order valence-corrected chi connectivity index (χ3v) is 2.97. The Bertz CT molecular complexity index is 634. The van der Waals surface area contributed by atoms with E-state index < -0.39 is 4.92 Å². The minimum absolute atomic E-state index is 0.0866. The maximum absolute atomic E-state index is 11.0. The molecule has 0 saturated heterocycles. The van der Waals surface area contributed by atoms with Crippen molar-refractivity contribution in [3.05, 3.63) is 56.7 Å². The van der Waals surface area contributed by atoms with Crippen molar-refractivity contribution < 1.29 is 9.66 Å². The summed E-state index contributed by atoms with van der Waals surface area (Å²) in [5.74, 6) is 0.202. The highest BCUT2D eigenvalue weighted by Crippen LogP contribution is 2.28. The normalized spacial score (nSPS) is 10.3. The number of hydrogen-bond donors (Lipinski definition) is 1. The lowest BCUT2D eigenvalue weighted by Gasteiger charge is -2.08. The van der Waals surface area contributed by atoms with E-state index in [0.717, 1.165) is 11.3 Å². The number of halogens is 1. The van der Waals surface area contributed by atoms with Crippen LogP contribution in [0.5, 0.6) is 0 Å². The van der Waals surface area contributed by atoms with Crippen molar-refractivity contribution in [1.29, 1.82) is 0 Å². The molecule has 0 saturated carbocycles. The van der Waals surface area contributed by atoms with Crippen LogP contribution in [0.25, 0.3) is 0 Å². The summed E-state index contributed by atoms with van der Waals surface area (Å²) in [5.41, 5.74) is 1.60. The van der Waals surface area contributed by atoms with Crippen LogP contribution in [-0.4, -0.2) is 17.0 Å². The number of rotatable bonds is 5. The number of ether oxygens (including phenoxy) is 1. The van der Waals surface area contributed by atoms with Gasteiger partial charge < -0.3 is 10.1 Å². The first-order valence-corrected chi connectivity index (χ1v) is 6.54. The van der Waals surface area contributed by atoms with Gasteiger partial charge in [-0.15, -0.1) is 0 Å². The average molecular weight is 338 g/mol. The molecule has 0 unspecified atom stereocenters. The van der Waals surface area contributed by atoms with Gasteiger partial charge in [0.05, 0.1) is 11.5 Å². The summed E-state index contributed by atoms with van der Waals surface area (Å²) >= 11 is 3.17. The lowest BCUT2D eigenvalue weighted by molar-refractivity contribution is -0.384. The van der Waals surface area contributed by atoms with E-state index in [1.165, 1.54) is 12.3 Å². The minimum Gasteiger partial charge on any atom is -0.380 e. The molecule has 0 radical (unpaired) electrons. The molecular formula is C13H12BrN3O3. The highest BCUT2D eigenvalue weighted by Gasteiger charge is 2.16. The summed E-state index contributed by atoms with van der Waals surface area (Å²) in [5, 5.41) is 14.0. The standard InChI is InChI=1S/C13H12BrN3O3/c1-20-8-9-3-2-4-11(5-9)16-13-12(17(18)19)6-10(14)7-15-13/h2-7H,8H2,1H3,(H,15,16). The Labute approximate surface area is 124 Å². The molecule has 0 aliphatic heterocycles. The molecule has 0 spiro atoms. The van der Waals surface area contributed by atoms with Gasteiger partial charge in [0, 0.05) is 29.5 Å². The van der Waals surface area contributed by atoms with Crippen molar-refractivity contribution in [2.75, 3.05) is 12.4 Å². The molecule has 0 atom stereocenters. The van der Waals surface area contributed by atoms with E-state index in [1.807, 2.05) is 24.3 Å². The van der Waals surface area contributed by atoms with Gasteiger partial charge in [-0.1, -0.05) is 12.1 Å². The summed E-state index contributed by atoms with van der Waals surface area (Å²) in [7, 11) is 1.61.